The maximum atomic E-state index is 6.15. The van der Waals surface area contributed by atoms with Crippen molar-refractivity contribution in [2.45, 2.75) is 19.5 Å². The van der Waals surface area contributed by atoms with E-state index in [-0.39, 0.29) is 6.04 Å². The molecule has 0 fully saturated rings. The Labute approximate surface area is 124 Å². The molecule has 0 aliphatic rings. The molecule has 1 heterocycles. The van der Waals surface area contributed by atoms with Gasteiger partial charge in [0.25, 0.3) is 0 Å². The van der Waals surface area contributed by atoms with Crippen LogP contribution in [0.5, 0.6) is 0 Å². The number of ether oxygens (including phenoxy) is 2. The first-order valence-corrected chi connectivity index (χ1v) is 6.87. The molecule has 4 nitrogen and oxygen atoms in total. The van der Waals surface area contributed by atoms with E-state index in [1.165, 1.54) is 0 Å². The van der Waals surface area contributed by atoms with Gasteiger partial charge in [0.1, 0.15) is 5.15 Å². The SMILES string of the molecule is COCCN(Cc1nc(Cl)ccc1Cl)C(C)COC. The average Bonchev–Trinajstić information content (AvgIpc) is 2.38. The molecular weight excluding hydrogens is 287 g/mol. The first kappa shape index (κ1) is 16.7. The van der Waals surface area contributed by atoms with Crippen molar-refractivity contribution >= 4 is 23.2 Å². The summed E-state index contributed by atoms with van der Waals surface area (Å²) in [6.45, 7) is 4.78. The van der Waals surface area contributed by atoms with Gasteiger partial charge in [-0.15, -0.1) is 0 Å². The van der Waals surface area contributed by atoms with Gasteiger partial charge >= 0.3 is 0 Å². The molecule has 0 N–H and O–H groups in total. The minimum absolute atomic E-state index is 0.247. The van der Waals surface area contributed by atoms with E-state index in [2.05, 4.69) is 16.8 Å². The standard InChI is InChI=1S/C13H20Cl2N2O2/c1-10(9-19-3)17(6-7-18-2)8-12-11(14)4-5-13(15)16-12/h4-5,10H,6-9H2,1-3H3. The molecule has 1 aromatic heterocycles. The van der Waals surface area contributed by atoms with Crippen molar-refractivity contribution in [3.63, 3.8) is 0 Å². The Morgan fingerprint density at radius 2 is 2.00 bits per heavy atom. The number of rotatable bonds is 8. The van der Waals surface area contributed by atoms with Crippen LogP contribution in [0.3, 0.4) is 0 Å². The molecule has 19 heavy (non-hydrogen) atoms. The van der Waals surface area contributed by atoms with Crippen LogP contribution in [-0.4, -0.2) is 49.9 Å². The highest BCUT2D eigenvalue weighted by Gasteiger charge is 2.16. The molecule has 1 atom stereocenters. The van der Waals surface area contributed by atoms with Crippen LogP contribution in [0.1, 0.15) is 12.6 Å². The molecule has 6 heteroatoms. The third-order valence-corrected chi connectivity index (χ3v) is 3.41. The van der Waals surface area contributed by atoms with Gasteiger partial charge < -0.3 is 9.47 Å². The van der Waals surface area contributed by atoms with Gasteiger partial charge in [0.05, 0.1) is 23.9 Å². The topological polar surface area (TPSA) is 34.6 Å². The van der Waals surface area contributed by atoms with Gasteiger partial charge in [0.2, 0.25) is 0 Å². The summed E-state index contributed by atoms with van der Waals surface area (Å²) in [5.41, 5.74) is 0.772. The summed E-state index contributed by atoms with van der Waals surface area (Å²) in [6.07, 6.45) is 0. The van der Waals surface area contributed by atoms with E-state index >= 15 is 0 Å². The second-order valence-corrected chi connectivity index (χ2v) is 5.12. The number of halogens is 2. The average molecular weight is 307 g/mol. The first-order valence-electron chi connectivity index (χ1n) is 6.11. The van der Waals surface area contributed by atoms with Gasteiger partial charge in [-0.25, -0.2) is 4.98 Å². The zero-order valence-corrected chi connectivity index (χ0v) is 13.0. The second kappa shape index (κ2) is 8.72. The highest BCUT2D eigenvalue weighted by molar-refractivity contribution is 6.32. The molecule has 0 saturated carbocycles. The van der Waals surface area contributed by atoms with Crippen LogP contribution in [0.25, 0.3) is 0 Å². The summed E-state index contributed by atoms with van der Waals surface area (Å²) in [5, 5.41) is 1.07. The Bertz CT molecular complexity index is 391. The van der Waals surface area contributed by atoms with Crippen molar-refractivity contribution in [1.82, 2.24) is 9.88 Å². The summed E-state index contributed by atoms with van der Waals surface area (Å²) in [6, 6.07) is 3.70. The molecule has 1 aromatic rings. The molecular formula is C13H20Cl2N2O2. The summed E-state index contributed by atoms with van der Waals surface area (Å²) < 4.78 is 10.3. The zero-order chi connectivity index (χ0) is 14.3. The van der Waals surface area contributed by atoms with Crippen LogP contribution >= 0.6 is 23.2 Å². The Kier molecular flexibility index (Phi) is 7.64. The molecule has 0 aliphatic heterocycles. The smallest absolute Gasteiger partial charge is 0.129 e. The fourth-order valence-electron chi connectivity index (χ4n) is 1.77. The maximum absolute atomic E-state index is 6.15. The quantitative estimate of drug-likeness (QED) is 0.692. The van der Waals surface area contributed by atoms with Crippen LogP contribution in [0, 0.1) is 0 Å². The van der Waals surface area contributed by atoms with Crippen LogP contribution in [0.15, 0.2) is 12.1 Å². The molecule has 0 radical (unpaired) electrons. The molecule has 0 spiro atoms. The maximum Gasteiger partial charge on any atom is 0.129 e. The summed E-state index contributed by atoms with van der Waals surface area (Å²) in [5.74, 6) is 0. The monoisotopic (exact) mass is 306 g/mol. The lowest BCUT2D eigenvalue weighted by Gasteiger charge is -2.28. The van der Waals surface area contributed by atoms with Crippen molar-refractivity contribution in [1.29, 1.82) is 0 Å². The van der Waals surface area contributed by atoms with E-state index in [4.69, 9.17) is 32.7 Å². The van der Waals surface area contributed by atoms with E-state index < -0.39 is 0 Å². The lowest BCUT2D eigenvalue weighted by atomic mass is 10.2. The molecule has 0 saturated heterocycles. The second-order valence-electron chi connectivity index (χ2n) is 4.33. The van der Waals surface area contributed by atoms with Gasteiger partial charge in [-0.2, -0.15) is 0 Å². The number of hydrogen-bond donors (Lipinski definition) is 0. The van der Waals surface area contributed by atoms with E-state index in [9.17, 15) is 0 Å². The van der Waals surface area contributed by atoms with Gasteiger partial charge in [-0.05, 0) is 19.1 Å². The van der Waals surface area contributed by atoms with Gasteiger partial charge in [-0.1, -0.05) is 23.2 Å². The highest BCUT2D eigenvalue weighted by atomic mass is 35.5. The molecule has 0 amide bonds. The van der Waals surface area contributed by atoms with E-state index in [1.807, 2.05) is 0 Å². The van der Waals surface area contributed by atoms with E-state index in [0.29, 0.717) is 29.9 Å². The largest absolute Gasteiger partial charge is 0.383 e. The minimum atomic E-state index is 0.247. The zero-order valence-electron chi connectivity index (χ0n) is 11.5. The summed E-state index contributed by atoms with van der Waals surface area (Å²) >= 11 is 12.1. The van der Waals surface area contributed by atoms with Crippen molar-refractivity contribution in [2.75, 3.05) is 34.0 Å². The number of pyridine rings is 1. The third-order valence-electron chi connectivity index (χ3n) is 2.85. The Hall–Kier alpha value is -0.390. The Balaban J connectivity index is 2.77. The van der Waals surface area contributed by atoms with Crippen molar-refractivity contribution < 1.29 is 9.47 Å². The number of nitrogens with zero attached hydrogens (tertiary/aromatic N) is 2. The summed E-state index contributed by atoms with van der Waals surface area (Å²) in [7, 11) is 3.37. The number of hydrogen-bond acceptors (Lipinski definition) is 4. The van der Waals surface area contributed by atoms with Crippen molar-refractivity contribution in [2.24, 2.45) is 0 Å². The molecule has 108 valence electrons. The van der Waals surface area contributed by atoms with Crippen LogP contribution in [-0.2, 0) is 16.0 Å². The normalized spacial score (nSPS) is 12.9. The minimum Gasteiger partial charge on any atom is -0.383 e. The molecule has 1 unspecified atom stereocenters. The summed E-state index contributed by atoms with van der Waals surface area (Å²) in [4.78, 5) is 6.48. The highest BCUT2D eigenvalue weighted by Crippen LogP contribution is 2.19. The van der Waals surface area contributed by atoms with Crippen LogP contribution in [0.2, 0.25) is 10.2 Å². The predicted octanol–water partition coefficient (Wildman–Crippen LogP) is 2.87. The fraction of sp³-hybridized carbons (Fsp3) is 0.615. The van der Waals surface area contributed by atoms with Gasteiger partial charge in [-0.3, -0.25) is 4.90 Å². The lowest BCUT2D eigenvalue weighted by Crippen LogP contribution is -2.38. The molecule has 0 bridgehead atoms. The van der Waals surface area contributed by atoms with Crippen LogP contribution < -0.4 is 0 Å². The molecule has 0 aliphatic carbocycles. The van der Waals surface area contributed by atoms with Gasteiger partial charge in [0, 0.05) is 33.4 Å². The lowest BCUT2D eigenvalue weighted by molar-refractivity contribution is 0.0698. The van der Waals surface area contributed by atoms with Gasteiger partial charge in [0.15, 0.2) is 0 Å². The van der Waals surface area contributed by atoms with E-state index in [0.717, 1.165) is 12.2 Å². The fourth-order valence-corrected chi connectivity index (χ4v) is 2.10. The predicted molar refractivity (Wildman–Crippen MR) is 77.9 cm³/mol. The Morgan fingerprint density at radius 1 is 1.26 bits per heavy atom. The molecule has 1 rings (SSSR count). The van der Waals surface area contributed by atoms with Crippen molar-refractivity contribution in [3.05, 3.63) is 28.0 Å². The Morgan fingerprint density at radius 3 is 2.63 bits per heavy atom. The number of methoxy groups -OCH3 is 2. The van der Waals surface area contributed by atoms with Crippen molar-refractivity contribution in [3.8, 4) is 0 Å². The molecule has 0 aromatic carbocycles. The number of aromatic nitrogens is 1. The third kappa shape index (κ3) is 5.63. The van der Waals surface area contributed by atoms with Crippen LogP contribution in [0.4, 0.5) is 0 Å². The van der Waals surface area contributed by atoms with E-state index in [1.54, 1.807) is 26.4 Å². The first-order chi connectivity index (χ1) is 9.08.